The number of benzene rings is 3. The van der Waals surface area contributed by atoms with E-state index in [9.17, 15) is 28.1 Å². The zero-order chi connectivity index (χ0) is 26.3. The van der Waals surface area contributed by atoms with Crippen molar-refractivity contribution in [3.05, 3.63) is 87.5 Å². The van der Waals surface area contributed by atoms with Gasteiger partial charge in [0, 0.05) is 17.2 Å². The molecule has 9 nitrogen and oxygen atoms in total. The largest absolute Gasteiger partial charge is 0.493 e. The highest BCUT2D eigenvalue weighted by Crippen LogP contribution is 2.38. The van der Waals surface area contributed by atoms with Gasteiger partial charge in [-0.15, -0.1) is 0 Å². The SMILES string of the molecule is CCOc1ccc(C(=O)N/N=C/c2ccccc2Oc2ccc(C(F)(F)F)cc2[N+](=O)[O-])cc1OC. The molecule has 0 aromatic heterocycles. The number of methoxy groups -OCH3 is 1. The maximum atomic E-state index is 12.9. The van der Waals surface area contributed by atoms with Gasteiger partial charge in [-0.3, -0.25) is 14.9 Å². The number of hydrogen-bond donors (Lipinski definition) is 1. The lowest BCUT2D eigenvalue weighted by atomic mass is 10.1. The van der Waals surface area contributed by atoms with E-state index in [1.807, 2.05) is 6.92 Å². The van der Waals surface area contributed by atoms with Crippen molar-refractivity contribution in [2.24, 2.45) is 5.10 Å². The Bertz CT molecular complexity index is 1290. The van der Waals surface area contributed by atoms with Crippen molar-refractivity contribution >= 4 is 17.8 Å². The number of halogens is 3. The number of amides is 1. The van der Waals surface area contributed by atoms with Crippen LogP contribution < -0.4 is 19.6 Å². The molecule has 12 heteroatoms. The maximum Gasteiger partial charge on any atom is 0.416 e. The molecule has 0 fully saturated rings. The Morgan fingerprint density at radius 3 is 2.44 bits per heavy atom. The molecule has 188 valence electrons. The summed E-state index contributed by atoms with van der Waals surface area (Å²) in [6.45, 7) is 2.23. The van der Waals surface area contributed by atoms with Crippen LogP contribution in [0.1, 0.15) is 28.4 Å². The molecule has 0 heterocycles. The molecule has 3 aromatic carbocycles. The molecule has 0 saturated heterocycles. The topological polar surface area (TPSA) is 112 Å². The van der Waals surface area contributed by atoms with Gasteiger partial charge in [0.25, 0.3) is 5.91 Å². The van der Waals surface area contributed by atoms with Gasteiger partial charge >= 0.3 is 11.9 Å². The standard InChI is InChI=1S/C24H20F3N3O6/c1-3-35-21-10-8-15(12-22(21)34-2)23(31)29-28-14-16-6-4-5-7-19(16)36-20-11-9-17(24(25,26)27)13-18(20)30(32)33/h4-14H,3H2,1-2H3,(H,29,31)/b28-14+. The van der Waals surface area contributed by atoms with E-state index in [0.717, 1.165) is 6.07 Å². The van der Waals surface area contributed by atoms with Crippen molar-refractivity contribution in [1.82, 2.24) is 5.43 Å². The highest BCUT2D eigenvalue weighted by atomic mass is 19.4. The number of nitro groups is 1. The van der Waals surface area contributed by atoms with Gasteiger partial charge < -0.3 is 14.2 Å². The summed E-state index contributed by atoms with van der Waals surface area (Å²) in [4.78, 5) is 22.8. The lowest BCUT2D eigenvalue weighted by Gasteiger charge is -2.11. The highest BCUT2D eigenvalue weighted by molar-refractivity contribution is 5.95. The van der Waals surface area contributed by atoms with E-state index in [-0.39, 0.29) is 17.1 Å². The molecule has 0 spiro atoms. The second kappa shape index (κ2) is 11.2. The van der Waals surface area contributed by atoms with Crippen LogP contribution in [0.15, 0.2) is 65.8 Å². The zero-order valence-electron chi connectivity index (χ0n) is 19.0. The molecule has 3 rings (SSSR count). The summed E-state index contributed by atoms with van der Waals surface area (Å²) >= 11 is 0. The number of para-hydroxylation sites is 1. The summed E-state index contributed by atoms with van der Waals surface area (Å²) in [6.07, 6.45) is -3.52. The van der Waals surface area contributed by atoms with Gasteiger partial charge in [-0.1, -0.05) is 12.1 Å². The van der Waals surface area contributed by atoms with Crippen LogP contribution >= 0.6 is 0 Å². The van der Waals surface area contributed by atoms with Gasteiger partial charge in [0.05, 0.1) is 30.4 Å². The van der Waals surface area contributed by atoms with E-state index in [1.165, 1.54) is 31.5 Å². The molecule has 0 aliphatic carbocycles. The Labute approximate surface area is 203 Å². The normalized spacial score (nSPS) is 11.2. The summed E-state index contributed by atoms with van der Waals surface area (Å²) in [5.74, 6) is -0.0290. The molecule has 0 saturated carbocycles. The van der Waals surface area contributed by atoms with Crippen molar-refractivity contribution in [3.8, 4) is 23.0 Å². The van der Waals surface area contributed by atoms with Crippen LogP contribution in [0.3, 0.4) is 0 Å². The first-order valence-electron chi connectivity index (χ1n) is 10.4. The Balaban J connectivity index is 1.79. The second-order valence-corrected chi connectivity index (χ2v) is 7.08. The van der Waals surface area contributed by atoms with Crippen LogP contribution in [0.25, 0.3) is 0 Å². The summed E-state index contributed by atoms with van der Waals surface area (Å²) in [7, 11) is 1.44. The predicted molar refractivity (Wildman–Crippen MR) is 124 cm³/mol. The van der Waals surface area contributed by atoms with Crippen LogP contribution in [0.5, 0.6) is 23.0 Å². The molecule has 0 atom stereocenters. The van der Waals surface area contributed by atoms with E-state index in [4.69, 9.17) is 14.2 Å². The Morgan fingerprint density at radius 2 is 1.78 bits per heavy atom. The summed E-state index contributed by atoms with van der Waals surface area (Å²) in [5, 5.41) is 15.2. The number of ether oxygens (including phenoxy) is 3. The number of hydrogen-bond acceptors (Lipinski definition) is 7. The van der Waals surface area contributed by atoms with Crippen LogP contribution in [-0.4, -0.2) is 30.8 Å². The Kier molecular flexibility index (Phi) is 8.10. The molecular formula is C24H20F3N3O6. The number of alkyl halides is 3. The number of hydrazone groups is 1. The fraction of sp³-hybridized carbons (Fsp3) is 0.167. The van der Waals surface area contributed by atoms with Crippen LogP contribution in [0, 0.1) is 10.1 Å². The fourth-order valence-corrected chi connectivity index (χ4v) is 3.03. The second-order valence-electron chi connectivity index (χ2n) is 7.08. The molecule has 1 amide bonds. The molecule has 0 radical (unpaired) electrons. The first kappa shape index (κ1) is 26.0. The van der Waals surface area contributed by atoms with E-state index >= 15 is 0 Å². The van der Waals surface area contributed by atoms with Crippen LogP contribution in [0.2, 0.25) is 0 Å². The van der Waals surface area contributed by atoms with Crippen molar-refractivity contribution < 1.29 is 37.1 Å². The van der Waals surface area contributed by atoms with Crippen LogP contribution in [0.4, 0.5) is 18.9 Å². The third kappa shape index (κ3) is 6.29. The van der Waals surface area contributed by atoms with Gasteiger partial charge in [-0.2, -0.15) is 18.3 Å². The molecule has 0 aliphatic heterocycles. The van der Waals surface area contributed by atoms with Gasteiger partial charge in [0.15, 0.2) is 11.5 Å². The number of rotatable bonds is 9. The highest BCUT2D eigenvalue weighted by Gasteiger charge is 2.33. The minimum atomic E-state index is -4.75. The molecule has 1 N–H and O–H groups in total. The van der Waals surface area contributed by atoms with Crippen molar-refractivity contribution in [2.45, 2.75) is 13.1 Å². The third-order valence-corrected chi connectivity index (χ3v) is 4.72. The number of carbonyl (C=O) groups excluding carboxylic acids is 1. The van der Waals surface area contributed by atoms with Crippen molar-refractivity contribution in [1.29, 1.82) is 0 Å². The minimum absolute atomic E-state index is 0.0705. The van der Waals surface area contributed by atoms with Gasteiger partial charge in [0.1, 0.15) is 5.75 Å². The van der Waals surface area contributed by atoms with E-state index < -0.39 is 28.3 Å². The number of nitrogens with one attached hydrogen (secondary N) is 1. The summed E-state index contributed by atoms with van der Waals surface area (Å²) in [5.41, 5.74) is 0.862. The average molecular weight is 503 g/mol. The number of nitrogens with zero attached hydrogens (tertiary/aromatic N) is 2. The van der Waals surface area contributed by atoms with Gasteiger partial charge in [0.2, 0.25) is 5.75 Å². The van der Waals surface area contributed by atoms with Crippen LogP contribution in [-0.2, 0) is 6.18 Å². The van der Waals surface area contributed by atoms with Gasteiger partial charge in [-0.25, -0.2) is 5.43 Å². The van der Waals surface area contributed by atoms with E-state index in [2.05, 4.69) is 10.5 Å². The minimum Gasteiger partial charge on any atom is -0.493 e. The van der Waals surface area contributed by atoms with E-state index in [0.29, 0.717) is 35.8 Å². The van der Waals surface area contributed by atoms with Gasteiger partial charge in [-0.05, 0) is 49.4 Å². The molecule has 0 unspecified atom stereocenters. The Morgan fingerprint density at radius 1 is 1.06 bits per heavy atom. The quantitative estimate of drug-likeness (QED) is 0.232. The molecule has 0 aliphatic rings. The lowest BCUT2D eigenvalue weighted by Crippen LogP contribution is -2.17. The maximum absolute atomic E-state index is 12.9. The molecule has 3 aromatic rings. The van der Waals surface area contributed by atoms with Crippen molar-refractivity contribution in [2.75, 3.05) is 13.7 Å². The first-order valence-corrected chi connectivity index (χ1v) is 10.4. The average Bonchev–Trinajstić information content (AvgIpc) is 2.84. The third-order valence-electron chi connectivity index (χ3n) is 4.72. The molecule has 0 bridgehead atoms. The van der Waals surface area contributed by atoms with E-state index in [1.54, 1.807) is 24.3 Å². The first-order chi connectivity index (χ1) is 17.1. The lowest BCUT2D eigenvalue weighted by molar-refractivity contribution is -0.385. The fourth-order valence-electron chi connectivity index (χ4n) is 3.03. The molecular weight excluding hydrogens is 483 g/mol. The monoisotopic (exact) mass is 503 g/mol. The van der Waals surface area contributed by atoms with Crippen molar-refractivity contribution in [3.63, 3.8) is 0 Å². The molecule has 36 heavy (non-hydrogen) atoms. The summed E-state index contributed by atoms with van der Waals surface area (Å²) in [6, 6.07) is 12.7. The smallest absolute Gasteiger partial charge is 0.416 e. The summed E-state index contributed by atoms with van der Waals surface area (Å²) < 4.78 is 55.0. The number of carbonyl (C=O) groups is 1. The Hall–Kier alpha value is -4.61. The number of nitro benzene ring substituents is 1. The predicted octanol–water partition coefficient (Wildman–Crippen LogP) is 5.58. The zero-order valence-corrected chi connectivity index (χ0v) is 19.0.